The summed E-state index contributed by atoms with van der Waals surface area (Å²) in [6, 6.07) is 0.506. The highest BCUT2D eigenvalue weighted by molar-refractivity contribution is 8.16. The van der Waals surface area contributed by atoms with Crippen molar-refractivity contribution >= 4 is 22.8 Å². The molecule has 0 aromatic heterocycles. The smallest absolute Gasteiger partial charge is 0.242 e. The molecule has 1 aliphatic heterocycles. The second-order valence-corrected chi connectivity index (χ2v) is 7.45. The van der Waals surface area contributed by atoms with Gasteiger partial charge >= 0.3 is 0 Å². The molecule has 1 spiro atoms. The highest BCUT2D eigenvalue weighted by atomic mass is 32.2. The Morgan fingerprint density at radius 3 is 2.71 bits per heavy atom. The molecule has 1 saturated heterocycles. The van der Waals surface area contributed by atoms with E-state index in [1.807, 2.05) is 0 Å². The third-order valence-corrected chi connectivity index (χ3v) is 6.46. The third-order valence-electron chi connectivity index (χ3n) is 5.07. The zero-order chi connectivity index (χ0) is 11.5. The van der Waals surface area contributed by atoms with Crippen molar-refractivity contribution in [2.45, 2.75) is 55.7 Å². The number of fused-ring (bicyclic) bond motifs is 2. The minimum atomic E-state index is -0.115. The third kappa shape index (κ3) is 1.49. The molecule has 4 aliphatic rings. The van der Waals surface area contributed by atoms with Crippen molar-refractivity contribution in [1.82, 2.24) is 5.32 Å². The normalized spacial score (nSPS) is 44.4. The van der Waals surface area contributed by atoms with E-state index in [2.05, 4.69) is 5.32 Å². The summed E-state index contributed by atoms with van der Waals surface area (Å²) in [4.78, 5) is 16.7. The standard InChI is InChI=1S/C13H18N2OS/c16-11-13(4-1-5-13)17-12(15-11)14-10-7-8-2-3-9(10)6-8/h8-10H,1-7H2,(H,14,15,16)/t8-,9+,10+/m0/s1. The first-order chi connectivity index (χ1) is 8.25. The van der Waals surface area contributed by atoms with E-state index in [1.54, 1.807) is 11.8 Å². The van der Waals surface area contributed by atoms with Gasteiger partial charge < -0.3 is 5.32 Å². The van der Waals surface area contributed by atoms with Gasteiger partial charge in [-0.1, -0.05) is 18.2 Å². The van der Waals surface area contributed by atoms with E-state index in [0.717, 1.165) is 29.8 Å². The Kier molecular flexibility index (Phi) is 2.14. The fourth-order valence-electron chi connectivity index (χ4n) is 3.87. The monoisotopic (exact) mass is 250 g/mol. The minimum absolute atomic E-state index is 0.115. The van der Waals surface area contributed by atoms with Crippen LogP contribution in [0.3, 0.4) is 0 Å². The number of carbonyl (C=O) groups excluding carboxylic acids is 1. The second kappa shape index (κ2) is 3.50. The van der Waals surface area contributed by atoms with Gasteiger partial charge in [0.2, 0.25) is 5.91 Å². The molecule has 17 heavy (non-hydrogen) atoms. The van der Waals surface area contributed by atoms with Crippen LogP contribution in [0.15, 0.2) is 4.99 Å². The molecular weight excluding hydrogens is 232 g/mol. The maximum absolute atomic E-state index is 11.9. The molecule has 1 heterocycles. The van der Waals surface area contributed by atoms with Crippen LogP contribution < -0.4 is 5.32 Å². The summed E-state index contributed by atoms with van der Waals surface area (Å²) in [6.45, 7) is 0. The largest absolute Gasteiger partial charge is 0.304 e. The predicted octanol–water partition coefficient (Wildman–Crippen LogP) is 2.32. The van der Waals surface area contributed by atoms with Gasteiger partial charge in [-0.3, -0.25) is 9.79 Å². The molecule has 92 valence electrons. The number of hydrogen-bond donors (Lipinski definition) is 1. The molecule has 3 atom stereocenters. The molecule has 0 aromatic rings. The van der Waals surface area contributed by atoms with E-state index < -0.39 is 0 Å². The number of amides is 1. The average Bonchev–Trinajstić information content (AvgIpc) is 2.90. The van der Waals surface area contributed by atoms with Crippen LogP contribution in [-0.2, 0) is 4.79 Å². The van der Waals surface area contributed by atoms with Gasteiger partial charge in [0.15, 0.2) is 5.17 Å². The molecule has 0 aromatic carbocycles. The molecule has 3 nitrogen and oxygen atoms in total. The molecule has 4 fully saturated rings. The molecule has 3 aliphatic carbocycles. The molecule has 4 rings (SSSR count). The molecule has 1 amide bonds. The van der Waals surface area contributed by atoms with Gasteiger partial charge in [-0.05, 0) is 50.4 Å². The first kappa shape index (κ1) is 10.4. The molecular formula is C13H18N2OS. The van der Waals surface area contributed by atoms with Gasteiger partial charge in [-0.25, -0.2) is 0 Å². The van der Waals surface area contributed by atoms with E-state index in [0.29, 0.717) is 6.04 Å². The van der Waals surface area contributed by atoms with E-state index in [9.17, 15) is 4.79 Å². The Hall–Kier alpha value is -0.510. The van der Waals surface area contributed by atoms with E-state index in [4.69, 9.17) is 4.99 Å². The van der Waals surface area contributed by atoms with E-state index in [1.165, 1.54) is 32.1 Å². The fraction of sp³-hybridized carbons (Fsp3) is 0.846. The number of nitrogens with zero attached hydrogens (tertiary/aromatic N) is 1. The number of nitrogens with one attached hydrogen (secondary N) is 1. The van der Waals surface area contributed by atoms with Crippen molar-refractivity contribution in [2.75, 3.05) is 0 Å². The minimum Gasteiger partial charge on any atom is -0.304 e. The topological polar surface area (TPSA) is 41.5 Å². The molecule has 0 unspecified atom stereocenters. The number of aliphatic imine (C=N–C) groups is 1. The SMILES string of the molecule is O=C1NC(=N[C@@H]2C[C@H]3CC[C@@H]2C3)SC12CCC2. The maximum atomic E-state index is 11.9. The Bertz CT molecular complexity index is 402. The summed E-state index contributed by atoms with van der Waals surface area (Å²) in [5.41, 5.74) is 0. The van der Waals surface area contributed by atoms with Gasteiger partial charge in [0, 0.05) is 0 Å². The zero-order valence-electron chi connectivity index (χ0n) is 9.95. The van der Waals surface area contributed by atoms with Gasteiger partial charge in [-0.2, -0.15) is 0 Å². The summed E-state index contributed by atoms with van der Waals surface area (Å²) in [7, 11) is 0. The maximum Gasteiger partial charge on any atom is 0.242 e. The lowest BCUT2D eigenvalue weighted by Gasteiger charge is -2.33. The van der Waals surface area contributed by atoms with Crippen molar-refractivity contribution in [3.63, 3.8) is 0 Å². The van der Waals surface area contributed by atoms with Gasteiger partial charge in [0.1, 0.15) is 4.75 Å². The van der Waals surface area contributed by atoms with Crippen LogP contribution in [0.5, 0.6) is 0 Å². The second-order valence-electron chi connectivity index (χ2n) is 6.08. The number of hydrogen-bond acceptors (Lipinski definition) is 3. The van der Waals surface area contributed by atoms with Crippen LogP contribution in [0.2, 0.25) is 0 Å². The Morgan fingerprint density at radius 1 is 1.29 bits per heavy atom. The van der Waals surface area contributed by atoms with Crippen molar-refractivity contribution in [3.8, 4) is 0 Å². The Morgan fingerprint density at radius 2 is 2.18 bits per heavy atom. The number of rotatable bonds is 1. The highest BCUT2D eigenvalue weighted by Crippen LogP contribution is 2.50. The summed E-state index contributed by atoms with van der Waals surface area (Å²) in [6.07, 6.45) is 8.69. The van der Waals surface area contributed by atoms with Crippen LogP contribution in [0.1, 0.15) is 44.9 Å². The van der Waals surface area contributed by atoms with Gasteiger partial charge in [0.25, 0.3) is 0 Å². The predicted molar refractivity (Wildman–Crippen MR) is 69.0 cm³/mol. The fourth-order valence-corrected chi connectivity index (χ4v) is 5.21. The Balaban J connectivity index is 1.51. The lowest BCUT2D eigenvalue weighted by atomic mass is 9.84. The van der Waals surface area contributed by atoms with Crippen molar-refractivity contribution < 1.29 is 4.79 Å². The first-order valence-electron chi connectivity index (χ1n) is 6.83. The molecule has 4 heteroatoms. The van der Waals surface area contributed by atoms with Gasteiger partial charge in [-0.15, -0.1) is 0 Å². The summed E-state index contributed by atoms with van der Waals surface area (Å²) in [5, 5.41) is 3.93. The summed E-state index contributed by atoms with van der Waals surface area (Å²) >= 11 is 1.71. The van der Waals surface area contributed by atoms with E-state index in [-0.39, 0.29) is 10.7 Å². The highest BCUT2D eigenvalue weighted by Gasteiger charge is 2.51. The van der Waals surface area contributed by atoms with Crippen molar-refractivity contribution in [1.29, 1.82) is 0 Å². The first-order valence-corrected chi connectivity index (χ1v) is 7.65. The van der Waals surface area contributed by atoms with Crippen molar-refractivity contribution in [3.05, 3.63) is 0 Å². The average molecular weight is 250 g/mol. The van der Waals surface area contributed by atoms with Crippen LogP contribution in [-0.4, -0.2) is 21.9 Å². The number of amidine groups is 1. The quantitative estimate of drug-likeness (QED) is 0.776. The van der Waals surface area contributed by atoms with Crippen LogP contribution in [0.25, 0.3) is 0 Å². The lowest BCUT2D eigenvalue weighted by Crippen LogP contribution is -2.42. The molecule has 0 radical (unpaired) electrons. The molecule has 1 N–H and O–H groups in total. The van der Waals surface area contributed by atoms with Gasteiger partial charge in [0.05, 0.1) is 6.04 Å². The van der Waals surface area contributed by atoms with Crippen LogP contribution >= 0.6 is 11.8 Å². The summed E-state index contributed by atoms with van der Waals surface area (Å²) < 4.78 is -0.115. The molecule has 2 bridgehead atoms. The summed E-state index contributed by atoms with van der Waals surface area (Å²) in [5.74, 6) is 1.95. The zero-order valence-corrected chi connectivity index (χ0v) is 10.8. The molecule has 3 saturated carbocycles. The van der Waals surface area contributed by atoms with Crippen molar-refractivity contribution in [2.24, 2.45) is 16.8 Å². The number of carbonyl (C=O) groups is 1. The lowest BCUT2D eigenvalue weighted by molar-refractivity contribution is -0.123. The Labute approximate surface area is 106 Å². The number of thioether (sulfide) groups is 1. The van der Waals surface area contributed by atoms with Crippen LogP contribution in [0.4, 0.5) is 0 Å². The van der Waals surface area contributed by atoms with Crippen LogP contribution in [0, 0.1) is 11.8 Å². The van der Waals surface area contributed by atoms with E-state index >= 15 is 0 Å².